The Morgan fingerprint density at radius 1 is 1.36 bits per heavy atom. The molecule has 0 bridgehead atoms. The first-order chi connectivity index (χ1) is 6.72. The van der Waals surface area contributed by atoms with Gasteiger partial charge in [-0.25, -0.2) is 0 Å². The van der Waals surface area contributed by atoms with E-state index >= 15 is 0 Å². The Kier molecular flexibility index (Phi) is 3.92. The number of nitrogens with one attached hydrogen (secondary N) is 1. The second-order valence-electron chi connectivity index (χ2n) is 3.11. The van der Waals surface area contributed by atoms with Crippen molar-refractivity contribution in [2.24, 2.45) is 0 Å². The molecule has 1 amide bonds. The molecule has 1 N–H and O–H groups in total. The first kappa shape index (κ1) is 10.5. The van der Waals surface area contributed by atoms with Crippen LogP contribution in [-0.2, 0) is 4.79 Å². The average Bonchev–Trinajstić information content (AvgIpc) is 2.16. The Morgan fingerprint density at radius 2 is 2.00 bits per heavy atom. The number of allylic oxidation sites excluding steroid dienone is 1. The summed E-state index contributed by atoms with van der Waals surface area (Å²) in [6.45, 7) is 3.60. The highest BCUT2D eigenvalue weighted by molar-refractivity contribution is 5.88. The molecule has 0 atom stereocenters. The van der Waals surface area contributed by atoms with Crippen LogP contribution in [0.3, 0.4) is 0 Å². The van der Waals surface area contributed by atoms with Crippen molar-refractivity contribution in [1.82, 2.24) is 0 Å². The van der Waals surface area contributed by atoms with Crippen LogP contribution in [0.4, 0.5) is 5.69 Å². The van der Waals surface area contributed by atoms with E-state index in [1.54, 1.807) is 0 Å². The van der Waals surface area contributed by atoms with Crippen LogP contribution < -0.4 is 5.32 Å². The molecule has 0 heterocycles. The number of carbonyl (C=O) groups excluding carboxylic acids is 1. The Hall–Kier alpha value is -1.57. The van der Waals surface area contributed by atoms with E-state index in [9.17, 15) is 4.79 Å². The standard InChI is InChI=1S/C12H15NO/c1-3-4-5-11-6-8-12(9-7-11)13-10(2)14/h4-9H,3H2,1-2H3,(H,13,14). The highest BCUT2D eigenvalue weighted by Crippen LogP contribution is 2.10. The van der Waals surface area contributed by atoms with E-state index in [0.717, 1.165) is 17.7 Å². The molecular weight excluding hydrogens is 174 g/mol. The van der Waals surface area contributed by atoms with Crippen molar-refractivity contribution in [3.8, 4) is 0 Å². The molecule has 0 saturated carbocycles. The number of anilines is 1. The van der Waals surface area contributed by atoms with E-state index in [2.05, 4.69) is 24.4 Å². The van der Waals surface area contributed by atoms with Crippen molar-refractivity contribution in [2.45, 2.75) is 20.3 Å². The minimum Gasteiger partial charge on any atom is -0.326 e. The van der Waals surface area contributed by atoms with Crippen LogP contribution >= 0.6 is 0 Å². The maximum absolute atomic E-state index is 10.7. The maximum atomic E-state index is 10.7. The van der Waals surface area contributed by atoms with Crippen LogP contribution in [0.1, 0.15) is 25.8 Å². The Morgan fingerprint density at radius 3 is 2.50 bits per heavy atom. The highest BCUT2D eigenvalue weighted by Gasteiger charge is 1.93. The highest BCUT2D eigenvalue weighted by atomic mass is 16.1. The van der Waals surface area contributed by atoms with Crippen molar-refractivity contribution in [2.75, 3.05) is 5.32 Å². The molecule has 2 nitrogen and oxygen atoms in total. The van der Waals surface area contributed by atoms with Gasteiger partial charge in [-0.2, -0.15) is 0 Å². The molecule has 2 heteroatoms. The quantitative estimate of drug-likeness (QED) is 0.777. The second-order valence-corrected chi connectivity index (χ2v) is 3.11. The number of carbonyl (C=O) groups is 1. The summed E-state index contributed by atoms with van der Waals surface area (Å²) >= 11 is 0. The third kappa shape index (κ3) is 3.44. The molecule has 0 aliphatic heterocycles. The van der Waals surface area contributed by atoms with Gasteiger partial charge < -0.3 is 5.32 Å². The predicted octanol–water partition coefficient (Wildman–Crippen LogP) is 3.07. The van der Waals surface area contributed by atoms with Gasteiger partial charge in [-0.1, -0.05) is 31.2 Å². The molecule has 0 spiro atoms. The Labute approximate surface area is 84.6 Å². The topological polar surface area (TPSA) is 29.1 Å². The lowest BCUT2D eigenvalue weighted by Crippen LogP contribution is -2.05. The van der Waals surface area contributed by atoms with E-state index in [4.69, 9.17) is 0 Å². The van der Waals surface area contributed by atoms with Gasteiger partial charge >= 0.3 is 0 Å². The largest absolute Gasteiger partial charge is 0.326 e. The average molecular weight is 189 g/mol. The Balaban J connectivity index is 2.68. The fourth-order valence-corrected chi connectivity index (χ4v) is 1.13. The zero-order valence-corrected chi connectivity index (χ0v) is 8.58. The summed E-state index contributed by atoms with van der Waals surface area (Å²) in [7, 11) is 0. The lowest BCUT2D eigenvalue weighted by molar-refractivity contribution is -0.114. The molecule has 1 aromatic rings. The Bertz CT molecular complexity index is 325. The summed E-state index contributed by atoms with van der Waals surface area (Å²) in [5.41, 5.74) is 1.99. The monoisotopic (exact) mass is 189 g/mol. The molecule has 0 aliphatic carbocycles. The molecule has 0 aliphatic rings. The number of hydrogen-bond donors (Lipinski definition) is 1. The molecule has 0 fully saturated rings. The summed E-state index contributed by atoms with van der Waals surface area (Å²) in [5.74, 6) is -0.0400. The van der Waals surface area contributed by atoms with E-state index in [-0.39, 0.29) is 5.91 Å². The van der Waals surface area contributed by atoms with Gasteiger partial charge in [-0.15, -0.1) is 0 Å². The van der Waals surface area contributed by atoms with Gasteiger partial charge in [0.05, 0.1) is 0 Å². The summed E-state index contributed by atoms with van der Waals surface area (Å²) < 4.78 is 0. The molecule has 74 valence electrons. The van der Waals surface area contributed by atoms with Gasteiger partial charge in [0.1, 0.15) is 0 Å². The van der Waals surface area contributed by atoms with Gasteiger partial charge in [-0.05, 0) is 24.1 Å². The molecule has 0 unspecified atom stereocenters. The van der Waals surface area contributed by atoms with Crippen LogP contribution in [0.25, 0.3) is 6.08 Å². The zero-order chi connectivity index (χ0) is 10.4. The van der Waals surface area contributed by atoms with Crippen molar-refractivity contribution in [3.05, 3.63) is 35.9 Å². The summed E-state index contributed by atoms with van der Waals surface area (Å²) in [5, 5.41) is 2.73. The minimum atomic E-state index is -0.0400. The minimum absolute atomic E-state index is 0.0400. The summed E-state index contributed by atoms with van der Waals surface area (Å²) in [6, 6.07) is 7.77. The number of rotatable bonds is 3. The van der Waals surface area contributed by atoms with Gasteiger partial charge in [0.15, 0.2) is 0 Å². The molecule has 1 aromatic carbocycles. The first-order valence-electron chi connectivity index (χ1n) is 4.76. The lowest BCUT2D eigenvalue weighted by atomic mass is 10.2. The van der Waals surface area contributed by atoms with E-state index in [1.165, 1.54) is 6.92 Å². The number of hydrogen-bond acceptors (Lipinski definition) is 1. The van der Waals surface area contributed by atoms with Crippen LogP contribution in [-0.4, -0.2) is 5.91 Å². The van der Waals surface area contributed by atoms with E-state index in [0.29, 0.717) is 0 Å². The molecule has 14 heavy (non-hydrogen) atoms. The fourth-order valence-electron chi connectivity index (χ4n) is 1.13. The number of amides is 1. The third-order valence-electron chi connectivity index (χ3n) is 1.78. The maximum Gasteiger partial charge on any atom is 0.221 e. The van der Waals surface area contributed by atoms with E-state index in [1.807, 2.05) is 24.3 Å². The smallest absolute Gasteiger partial charge is 0.221 e. The van der Waals surface area contributed by atoms with Crippen LogP contribution in [0.2, 0.25) is 0 Å². The van der Waals surface area contributed by atoms with Gasteiger partial charge in [0.2, 0.25) is 5.91 Å². The summed E-state index contributed by atoms with van der Waals surface area (Å²) in [6.07, 6.45) is 5.21. The fraction of sp³-hybridized carbons (Fsp3) is 0.250. The lowest BCUT2D eigenvalue weighted by Gasteiger charge is -2.01. The van der Waals surface area contributed by atoms with Gasteiger partial charge in [0, 0.05) is 12.6 Å². The number of benzene rings is 1. The molecular formula is C12H15NO. The summed E-state index contributed by atoms with van der Waals surface area (Å²) in [4.78, 5) is 10.7. The molecule has 0 radical (unpaired) electrons. The van der Waals surface area contributed by atoms with Crippen molar-refractivity contribution in [1.29, 1.82) is 0 Å². The molecule has 0 aromatic heterocycles. The SMILES string of the molecule is CCC=Cc1ccc(NC(C)=O)cc1. The normalized spacial score (nSPS) is 10.4. The van der Waals surface area contributed by atoms with Crippen LogP contribution in [0.5, 0.6) is 0 Å². The van der Waals surface area contributed by atoms with E-state index < -0.39 is 0 Å². The predicted molar refractivity (Wildman–Crippen MR) is 60.1 cm³/mol. The zero-order valence-electron chi connectivity index (χ0n) is 8.58. The van der Waals surface area contributed by atoms with Gasteiger partial charge in [-0.3, -0.25) is 4.79 Å². The van der Waals surface area contributed by atoms with Crippen molar-refractivity contribution < 1.29 is 4.79 Å². The second kappa shape index (κ2) is 5.22. The van der Waals surface area contributed by atoms with Crippen LogP contribution in [0, 0.1) is 0 Å². The first-order valence-corrected chi connectivity index (χ1v) is 4.76. The van der Waals surface area contributed by atoms with Crippen molar-refractivity contribution >= 4 is 17.7 Å². The van der Waals surface area contributed by atoms with Gasteiger partial charge in [0.25, 0.3) is 0 Å². The third-order valence-corrected chi connectivity index (χ3v) is 1.78. The van der Waals surface area contributed by atoms with Crippen LogP contribution in [0.15, 0.2) is 30.3 Å². The van der Waals surface area contributed by atoms with Crippen molar-refractivity contribution in [3.63, 3.8) is 0 Å². The molecule has 1 rings (SSSR count). The molecule has 0 saturated heterocycles.